The molecule has 1 spiro atoms. The van der Waals surface area contributed by atoms with E-state index in [4.69, 9.17) is 9.47 Å². The second kappa shape index (κ2) is 6.31. The Balaban J connectivity index is 1.71. The van der Waals surface area contributed by atoms with Gasteiger partial charge in [-0.3, -0.25) is 0 Å². The van der Waals surface area contributed by atoms with Crippen LogP contribution in [0, 0.1) is 0 Å². The van der Waals surface area contributed by atoms with Crippen molar-refractivity contribution in [2.75, 3.05) is 13.2 Å². The van der Waals surface area contributed by atoms with Crippen molar-refractivity contribution in [3.63, 3.8) is 0 Å². The topological polar surface area (TPSA) is 18.5 Å². The molecular weight excluding hydrogens is 284 g/mol. The highest BCUT2D eigenvalue weighted by atomic mass is 16.7. The van der Waals surface area contributed by atoms with Gasteiger partial charge in [0.05, 0.1) is 13.2 Å². The van der Waals surface area contributed by atoms with Crippen molar-refractivity contribution in [2.24, 2.45) is 0 Å². The van der Waals surface area contributed by atoms with Crippen molar-refractivity contribution >= 4 is 5.57 Å². The Morgan fingerprint density at radius 3 is 1.65 bits per heavy atom. The van der Waals surface area contributed by atoms with Crippen molar-refractivity contribution in [1.82, 2.24) is 0 Å². The van der Waals surface area contributed by atoms with E-state index in [1.54, 1.807) is 0 Å². The molecule has 2 heteroatoms. The first-order valence-corrected chi connectivity index (χ1v) is 8.47. The SMILES string of the molecule is c1ccc(C(=C2CCC3(CC2)OCCO3)c2ccccc2)cc1. The number of allylic oxidation sites excluding steroid dienone is 1. The fourth-order valence-electron chi connectivity index (χ4n) is 3.75. The number of rotatable bonds is 2. The molecule has 1 heterocycles. The van der Waals surface area contributed by atoms with Gasteiger partial charge in [0.1, 0.15) is 0 Å². The molecule has 4 rings (SSSR count). The molecule has 1 saturated carbocycles. The molecular formula is C21H22O2. The van der Waals surface area contributed by atoms with E-state index in [2.05, 4.69) is 60.7 Å². The summed E-state index contributed by atoms with van der Waals surface area (Å²) in [6, 6.07) is 21.5. The van der Waals surface area contributed by atoms with Crippen LogP contribution in [-0.4, -0.2) is 19.0 Å². The van der Waals surface area contributed by atoms with E-state index >= 15 is 0 Å². The van der Waals surface area contributed by atoms with Crippen LogP contribution in [-0.2, 0) is 9.47 Å². The molecule has 0 unspecified atom stereocenters. The Morgan fingerprint density at radius 2 is 1.17 bits per heavy atom. The first-order valence-electron chi connectivity index (χ1n) is 8.47. The predicted octanol–water partition coefficient (Wildman–Crippen LogP) is 4.81. The van der Waals surface area contributed by atoms with Gasteiger partial charge in [-0.1, -0.05) is 66.2 Å². The summed E-state index contributed by atoms with van der Waals surface area (Å²) in [7, 11) is 0. The average molecular weight is 306 g/mol. The molecule has 2 aromatic carbocycles. The third-order valence-corrected chi connectivity index (χ3v) is 4.91. The minimum atomic E-state index is -0.304. The van der Waals surface area contributed by atoms with E-state index in [0.717, 1.165) is 38.9 Å². The summed E-state index contributed by atoms with van der Waals surface area (Å²) in [5, 5.41) is 0. The van der Waals surface area contributed by atoms with E-state index in [0.29, 0.717) is 0 Å². The Labute approximate surface area is 137 Å². The van der Waals surface area contributed by atoms with Gasteiger partial charge in [0.2, 0.25) is 0 Å². The highest BCUT2D eigenvalue weighted by Gasteiger charge is 2.39. The quantitative estimate of drug-likeness (QED) is 0.793. The minimum Gasteiger partial charge on any atom is -0.348 e. The summed E-state index contributed by atoms with van der Waals surface area (Å²) in [5.41, 5.74) is 5.52. The number of ether oxygens (including phenoxy) is 2. The molecule has 0 N–H and O–H groups in total. The van der Waals surface area contributed by atoms with Gasteiger partial charge >= 0.3 is 0 Å². The second-order valence-electron chi connectivity index (χ2n) is 6.32. The van der Waals surface area contributed by atoms with E-state index in [1.165, 1.54) is 22.3 Å². The molecule has 1 saturated heterocycles. The number of hydrogen-bond donors (Lipinski definition) is 0. The van der Waals surface area contributed by atoms with Crippen LogP contribution in [0.4, 0.5) is 0 Å². The van der Waals surface area contributed by atoms with Crippen molar-refractivity contribution in [1.29, 1.82) is 0 Å². The Hall–Kier alpha value is -1.90. The third-order valence-electron chi connectivity index (χ3n) is 4.91. The van der Waals surface area contributed by atoms with Crippen LogP contribution in [0.1, 0.15) is 36.8 Å². The Kier molecular flexibility index (Phi) is 4.02. The highest BCUT2D eigenvalue weighted by Crippen LogP contribution is 2.42. The molecule has 0 amide bonds. The van der Waals surface area contributed by atoms with Crippen LogP contribution >= 0.6 is 0 Å². The molecule has 2 nitrogen and oxygen atoms in total. The minimum absolute atomic E-state index is 0.304. The van der Waals surface area contributed by atoms with E-state index < -0.39 is 0 Å². The zero-order chi connectivity index (χ0) is 15.5. The van der Waals surface area contributed by atoms with Crippen molar-refractivity contribution in [2.45, 2.75) is 31.5 Å². The molecule has 0 bridgehead atoms. The van der Waals surface area contributed by atoms with Gasteiger partial charge in [-0.15, -0.1) is 0 Å². The molecule has 23 heavy (non-hydrogen) atoms. The Morgan fingerprint density at radius 1 is 0.696 bits per heavy atom. The highest BCUT2D eigenvalue weighted by molar-refractivity contribution is 5.82. The third kappa shape index (κ3) is 2.97. The van der Waals surface area contributed by atoms with Crippen molar-refractivity contribution in [3.05, 3.63) is 77.4 Å². The zero-order valence-corrected chi connectivity index (χ0v) is 13.3. The fourth-order valence-corrected chi connectivity index (χ4v) is 3.75. The average Bonchev–Trinajstić information content (AvgIpc) is 3.07. The van der Waals surface area contributed by atoms with Gasteiger partial charge in [0.15, 0.2) is 5.79 Å². The number of hydrogen-bond acceptors (Lipinski definition) is 2. The van der Waals surface area contributed by atoms with Crippen molar-refractivity contribution in [3.8, 4) is 0 Å². The summed E-state index contributed by atoms with van der Waals surface area (Å²) in [5.74, 6) is -0.304. The van der Waals surface area contributed by atoms with Crippen molar-refractivity contribution < 1.29 is 9.47 Å². The largest absolute Gasteiger partial charge is 0.348 e. The molecule has 2 aliphatic rings. The number of benzene rings is 2. The smallest absolute Gasteiger partial charge is 0.169 e. The van der Waals surface area contributed by atoms with E-state index in [1.807, 2.05) is 0 Å². The monoisotopic (exact) mass is 306 g/mol. The fraction of sp³-hybridized carbons (Fsp3) is 0.333. The van der Waals surface area contributed by atoms with E-state index in [-0.39, 0.29) is 5.79 Å². The van der Waals surface area contributed by atoms with Crippen LogP contribution in [0.2, 0.25) is 0 Å². The molecule has 1 aliphatic carbocycles. The maximum atomic E-state index is 5.88. The molecule has 0 atom stereocenters. The summed E-state index contributed by atoms with van der Waals surface area (Å²) in [6.45, 7) is 1.48. The summed E-state index contributed by atoms with van der Waals surface area (Å²) < 4.78 is 11.8. The van der Waals surface area contributed by atoms with Gasteiger partial charge in [-0.25, -0.2) is 0 Å². The summed E-state index contributed by atoms with van der Waals surface area (Å²) >= 11 is 0. The van der Waals surface area contributed by atoms with Gasteiger partial charge in [-0.2, -0.15) is 0 Å². The molecule has 0 radical (unpaired) electrons. The molecule has 1 aliphatic heterocycles. The molecule has 0 aromatic heterocycles. The maximum Gasteiger partial charge on any atom is 0.169 e. The lowest BCUT2D eigenvalue weighted by Gasteiger charge is -2.33. The van der Waals surface area contributed by atoms with Crippen LogP contribution in [0.25, 0.3) is 5.57 Å². The first-order chi connectivity index (χ1) is 11.4. The first kappa shape index (κ1) is 14.7. The van der Waals surface area contributed by atoms with Crippen LogP contribution in [0.15, 0.2) is 66.2 Å². The van der Waals surface area contributed by atoms with Crippen LogP contribution in [0.3, 0.4) is 0 Å². The van der Waals surface area contributed by atoms with Gasteiger partial charge < -0.3 is 9.47 Å². The lowest BCUT2D eigenvalue weighted by Crippen LogP contribution is -2.33. The maximum absolute atomic E-state index is 5.88. The van der Waals surface area contributed by atoms with Gasteiger partial charge in [0.25, 0.3) is 0 Å². The lowest BCUT2D eigenvalue weighted by atomic mass is 9.82. The van der Waals surface area contributed by atoms with E-state index in [9.17, 15) is 0 Å². The van der Waals surface area contributed by atoms with Crippen LogP contribution < -0.4 is 0 Å². The van der Waals surface area contributed by atoms with Crippen LogP contribution in [0.5, 0.6) is 0 Å². The summed E-state index contributed by atoms with van der Waals surface area (Å²) in [6.07, 6.45) is 4.01. The summed E-state index contributed by atoms with van der Waals surface area (Å²) in [4.78, 5) is 0. The zero-order valence-electron chi connectivity index (χ0n) is 13.3. The molecule has 118 valence electrons. The normalized spacial score (nSPS) is 19.9. The van der Waals surface area contributed by atoms with Gasteiger partial charge in [0, 0.05) is 12.8 Å². The second-order valence-corrected chi connectivity index (χ2v) is 6.32. The molecule has 2 aromatic rings. The standard InChI is InChI=1S/C21H22O2/c1-3-7-17(8-4-1)20(18-9-5-2-6-10-18)19-11-13-21(14-12-19)22-15-16-23-21/h1-10H,11-16H2. The predicted molar refractivity (Wildman–Crippen MR) is 92.0 cm³/mol. The lowest BCUT2D eigenvalue weighted by molar-refractivity contribution is -0.171. The van der Waals surface area contributed by atoms with Gasteiger partial charge in [-0.05, 0) is 29.5 Å². The molecule has 2 fully saturated rings. The Bertz CT molecular complexity index is 629.